The Morgan fingerprint density at radius 2 is 2.29 bits per heavy atom. The number of rotatable bonds is 5. The molecule has 21 heavy (non-hydrogen) atoms. The van der Waals surface area contributed by atoms with Gasteiger partial charge in [0.25, 0.3) is 0 Å². The highest BCUT2D eigenvalue weighted by Gasteiger charge is 2.34. The van der Waals surface area contributed by atoms with Gasteiger partial charge < -0.3 is 20.3 Å². The maximum absolute atomic E-state index is 12.5. The number of benzene rings is 1. The van der Waals surface area contributed by atoms with E-state index in [2.05, 4.69) is 10.6 Å². The van der Waals surface area contributed by atoms with Crippen LogP contribution >= 0.6 is 0 Å². The molecule has 1 unspecified atom stereocenters. The van der Waals surface area contributed by atoms with Gasteiger partial charge in [-0.15, -0.1) is 0 Å². The number of ether oxygens (including phenoxy) is 1. The maximum atomic E-state index is 12.5. The SMILES string of the molecule is COc1cccc(NC(=O)N(CC2CCCN2)C2CC2)c1. The summed E-state index contributed by atoms with van der Waals surface area (Å²) in [6, 6.07) is 8.35. The van der Waals surface area contributed by atoms with Crippen LogP contribution < -0.4 is 15.4 Å². The molecule has 1 heterocycles. The van der Waals surface area contributed by atoms with Crippen LogP contribution in [-0.2, 0) is 0 Å². The highest BCUT2D eigenvalue weighted by Crippen LogP contribution is 2.28. The number of urea groups is 1. The standard InChI is InChI=1S/C16H23N3O2/c1-21-15-6-2-4-12(10-15)18-16(20)19(14-7-8-14)11-13-5-3-9-17-13/h2,4,6,10,13-14,17H,3,5,7-9,11H2,1H3,(H,18,20). The molecule has 1 aromatic rings. The van der Waals surface area contributed by atoms with Gasteiger partial charge in [0.1, 0.15) is 5.75 Å². The Bertz CT molecular complexity index is 496. The van der Waals surface area contributed by atoms with Crippen molar-refractivity contribution in [1.82, 2.24) is 10.2 Å². The lowest BCUT2D eigenvalue weighted by Crippen LogP contribution is -2.44. The van der Waals surface area contributed by atoms with E-state index in [0.29, 0.717) is 12.1 Å². The number of nitrogens with zero attached hydrogens (tertiary/aromatic N) is 1. The van der Waals surface area contributed by atoms with E-state index in [1.165, 1.54) is 6.42 Å². The predicted molar refractivity (Wildman–Crippen MR) is 82.8 cm³/mol. The summed E-state index contributed by atoms with van der Waals surface area (Å²) in [7, 11) is 1.63. The topological polar surface area (TPSA) is 53.6 Å². The van der Waals surface area contributed by atoms with Crippen molar-refractivity contribution in [2.45, 2.75) is 37.8 Å². The molecule has 2 aliphatic rings. The lowest BCUT2D eigenvalue weighted by Gasteiger charge is -2.26. The molecule has 2 amide bonds. The first-order valence-corrected chi connectivity index (χ1v) is 7.71. The molecule has 0 spiro atoms. The Kier molecular flexibility index (Phi) is 4.29. The van der Waals surface area contributed by atoms with E-state index in [1.807, 2.05) is 29.2 Å². The van der Waals surface area contributed by atoms with Crippen molar-refractivity contribution in [2.75, 3.05) is 25.5 Å². The third kappa shape index (κ3) is 3.67. The van der Waals surface area contributed by atoms with Crippen LogP contribution in [0.2, 0.25) is 0 Å². The molecular formula is C16H23N3O2. The van der Waals surface area contributed by atoms with E-state index in [0.717, 1.165) is 43.8 Å². The smallest absolute Gasteiger partial charge is 0.322 e. The number of hydrogen-bond donors (Lipinski definition) is 2. The fourth-order valence-corrected chi connectivity index (χ4v) is 2.83. The predicted octanol–water partition coefficient (Wildman–Crippen LogP) is 2.44. The van der Waals surface area contributed by atoms with Gasteiger partial charge in [-0.2, -0.15) is 0 Å². The molecule has 5 heteroatoms. The summed E-state index contributed by atoms with van der Waals surface area (Å²) in [5, 5.41) is 6.46. The molecule has 2 fully saturated rings. The normalized spacial score (nSPS) is 21.1. The molecule has 5 nitrogen and oxygen atoms in total. The summed E-state index contributed by atoms with van der Waals surface area (Å²) in [5.41, 5.74) is 0.782. The van der Waals surface area contributed by atoms with Gasteiger partial charge in [0, 0.05) is 30.4 Å². The summed E-state index contributed by atoms with van der Waals surface area (Å²) in [6.07, 6.45) is 4.62. The Labute approximate surface area is 125 Å². The molecule has 1 aliphatic heterocycles. The van der Waals surface area contributed by atoms with Crippen molar-refractivity contribution in [2.24, 2.45) is 0 Å². The van der Waals surface area contributed by atoms with Crippen LogP contribution in [0.1, 0.15) is 25.7 Å². The summed E-state index contributed by atoms with van der Waals surface area (Å²) in [5.74, 6) is 0.753. The molecule has 0 aromatic heterocycles. The number of amides is 2. The quantitative estimate of drug-likeness (QED) is 0.875. The van der Waals surface area contributed by atoms with Crippen LogP contribution in [0.5, 0.6) is 5.75 Å². The van der Waals surface area contributed by atoms with Crippen molar-refractivity contribution in [3.63, 3.8) is 0 Å². The van der Waals surface area contributed by atoms with Crippen LogP contribution in [0.3, 0.4) is 0 Å². The van der Waals surface area contributed by atoms with Crippen molar-refractivity contribution in [3.8, 4) is 5.75 Å². The molecule has 0 bridgehead atoms. The first-order valence-electron chi connectivity index (χ1n) is 7.71. The van der Waals surface area contributed by atoms with E-state index in [-0.39, 0.29) is 6.03 Å². The van der Waals surface area contributed by atoms with Gasteiger partial charge >= 0.3 is 6.03 Å². The number of hydrogen-bond acceptors (Lipinski definition) is 3. The fraction of sp³-hybridized carbons (Fsp3) is 0.562. The average Bonchev–Trinajstić information content (AvgIpc) is 3.21. The van der Waals surface area contributed by atoms with Gasteiger partial charge in [0.05, 0.1) is 7.11 Å². The maximum Gasteiger partial charge on any atom is 0.322 e. The van der Waals surface area contributed by atoms with Gasteiger partial charge in [-0.1, -0.05) is 6.07 Å². The zero-order chi connectivity index (χ0) is 14.7. The molecule has 114 valence electrons. The number of methoxy groups -OCH3 is 1. The second kappa shape index (κ2) is 6.35. The van der Waals surface area contributed by atoms with E-state index in [1.54, 1.807) is 7.11 Å². The largest absolute Gasteiger partial charge is 0.497 e. The third-order valence-corrected chi connectivity index (χ3v) is 4.15. The molecule has 1 aliphatic carbocycles. The van der Waals surface area contributed by atoms with Crippen LogP contribution in [0, 0.1) is 0 Å². The van der Waals surface area contributed by atoms with E-state index in [9.17, 15) is 4.79 Å². The lowest BCUT2D eigenvalue weighted by molar-refractivity contribution is 0.203. The summed E-state index contributed by atoms with van der Waals surface area (Å²) >= 11 is 0. The van der Waals surface area contributed by atoms with E-state index < -0.39 is 0 Å². The zero-order valence-electron chi connectivity index (χ0n) is 12.5. The molecule has 1 saturated carbocycles. The highest BCUT2D eigenvalue weighted by atomic mass is 16.5. The number of nitrogens with one attached hydrogen (secondary N) is 2. The van der Waals surface area contributed by atoms with Crippen LogP contribution in [0.4, 0.5) is 10.5 Å². The van der Waals surface area contributed by atoms with Gasteiger partial charge in [0.15, 0.2) is 0 Å². The molecular weight excluding hydrogens is 266 g/mol. The molecule has 1 aromatic carbocycles. The van der Waals surface area contributed by atoms with Gasteiger partial charge in [-0.3, -0.25) is 0 Å². The molecule has 2 N–H and O–H groups in total. The minimum absolute atomic E-state index is 0.000506. The molecule has 3 rings (SSSR count). The van der Waals surface area contributed by atoms with Crippen LogP contribution in [0.25, 0.3) is 0 Å². The second-order valence-corrected chi connectivity index (χ2v) is 5.84. The lowest BCUT2D eigenvalue weighted by atomic mass is 10.2. The van der Waals surface area contributed by atoms with Gasteiger partial charge in [0.2, 0.25) is 0 Å². The molecule has 1 saturated heterocycles. The number of carbonyl (C=O) groups is 1. The Hall–Kier alpha value is -1.75. The van der Waals surface area contributed by atoms with Crippen molar-refractivity contribution in [1.29, 1.82) is 0 Å². The monoisotopic (exact) mass is 289 g/mol. The summed E-state index contributed by atoms with van der Waals surface area (Å²) < 4.78 is 5.19. The number of anilines is 1. The van der Waals surface area contributed by atoms with Gasteiger partial charge in [-0.25, -0.2) is 4.79 Å². The van der Waals surface area contributed by atoms with Crippen molar-refractivity contribution in [3.05, 3.63) is 24.3 Å². The van der Waals surface area contributed by atoms with Crippen molar-refractivity contribution >= 4 is 11.7 Å². The third-order valence-electron chi connectivity index (χ3n) is 4.15. The average molecular weight is 289 g/mol. The second-order valence-electron chi connectivity index (χ2n) is 5.84. The van der Waals surface area contributed by atoms with Crippen molar-refractivity contribution < 1.29 is 9.53 Å². The molecule has 1 atom stereocenters. The summed E-state index contributed by atoms with van der Waals surface area (Å²) in [6.45, 7) is 1.88. The highest BCUT2D eigenvalue weighted by molar-refractivity contribution is 5.90. The Morgan fingerprint density at radius 3 is 2.95 bits per heavy atom. The van der Waals surface area contributed by atoms with E-state index in [4.69, 9.17) is 4.74 Å². The first kappa shape index (κ1) is 14.2. The Morgan fingerprint density at radius 1 is 1.43 bits per heavy atom. The molecule has 0 radical (unpaired) electrons. The van der Waals surface area contributed by atoms with Crippen LogP contribution in [-0.4, -0.2) is 43.2 Å². The van der Waals surface area contributed by atoms with Gasteiger partial charge in [-0.05, 0) is 44.4 Å². The minimum Gasteiger partial charge on any atom is -0.497 e. The summed E-state index contributed by atoms with van der Waals surface area (Å²) in [4.78, 5) is 14.5. The number of carbonyl (C=O) groups excluding carboxylic acids is 1. The first-order chi connectivity index (χ1) is 10.3. The Balaban J connectivity index is 1.63. The minimum atomic E-state index is -0.000506. The fourth-order valence-electron chi connectivity index (χ4n) is 2.83. The van der Waals surface area contributed by atoms with E-state index >= 15 is 0 Å². The van der Waals surface area contributed by atoms with Crippen LogP contribution in [0.15, 0.2) is 24.3 Å². The zero-order valence-corrected chi connectivity index (χ0v) is 12.5.